The zero-order valence-corrected chi connectivity index (χ0v) is 11.7. The van der Waals surface area contributed by atoms with Gasteiger partial charge in [0, 0.05) is 0 Å². The molecule has 0 spiro atoms. The lowest BCUT2D eigenvalue weighted by Gasteiger charge is -2.25. The number of H-pyrrole nitrogens is 1. The second-order valence-electron chi connectivity index (χ2n) is 5.58. The molecule has 0 saturated heterocycles. The summed E-state index contributed by atoms with van der Waals surface area (Å²) in [6.45, 7) is 5.07. The Morgan fingerprint density at radius 3 is 2.85 bits per heavy atom. The monoisotopic (exact) mass is 270 g/mol. The summed E-state index contributed by atoms with van der Waals surface area (Å²) >= 11 is 0. The first-order valence-corrected chi connectivity index (χ1v) is 6.74. The maximum atomic E-state index is 4.23. The number of hydrogen-bond donors (Lipinski definition) is 2. The van der Waals surface area contributed by atoms with Gasteiger partial charge >= 0.3 is 0 Å². The van der Waals surface area contributed by atoms with Gasteiger partial charge in [-0.05, 0) is 31.4 Å². The van der Waals surface area contributed by atoms with Crippen LogP contribution in [0.1, 0.15) is 30.8 Å². The second-order valence-corrected chi connectivity index (χ2v) is 5.58. The molecule has 3 rings (SSSR count). The van der Waals surface area contributed by atoms with E-state index in [1.54, 1.807) is 6.34 Å². The predicted molar refractivity (Wildman–Crippen MR) is 76.7 cm³/mol. The third kappa shape index (κ3) is 2.29. The summed E-state index contributed by atoms with van der Waals surface area (Å²) in [4.78, 5) is 4.23. The van der Waals surface area contributed by atoms with Crippen molar-refractivity contribution >= 4 is 6.34 Å². The number of hydrogen-bond acceptors (Lipinski definition) is 5. The first-order chi connectivity index (χ1) is 9.68. The topological polar surface area (TPSA) is 78.8 Å². The van der Waals surface area contributed by atoms with E-state index in [0.29, 0.717) is 11.9 Å². The van der Waals surface area contributed by atoms with E-state index >= 15 is 0 Å². The van der Waals surface area contributed by atoms with Crippen molar-refractivity contribution in [2.45, 2.75) is 31.7 Å². The van der Waals surface area contributed by atoms with Crippen LogP contribution in [-0.2, 0) is 11.8 Å². The van der Waals surface area contributed by atoms with Gasteiger partial charge in [0.05, 0.1) is 24.3 Å². The summed E-state index contributed by atoms with van der Waals surface area (Å²) in [5.74, 6) is 0.709. The first-order valence-electron chi connectivity index (χ1n) is 6.74. The molecule has 1 aliphatic rings. The van der Waals surface area contributed by atoms with Crippen molar-refractivity contribution in [3.05, 3.63) is 41.2 Å². The predicted octanol–water partition coefficient (Wildman–Crippen LogP) is 1.07. The lowest BCUT2D eigenvalue weighted by atomic mass is 9.80. The highest BCUT2D eigenvalue weighted by molar-refractivity contribution is 5.57. The van der Waals surface area contributed by atoms with Crippen LogP contribution in [0, 0.1) is 0 Å². The number of nitrogens with one attached hydrogen (secondary N) is 2. The molecule has 6 heteroatoms. The van der Waals surface area contributed by atoms with Crippen molar-refractivity contribution in [1.82, 2.24) is 25.9 Å². The zero-order valence-electron chi connectivity index (χ0n) is 11.7. The number of benzene rings is 1. The summed E-state index contributed by atoms with van der Waals surface area (Å²) in [6.07, 6.45) is 2.73. The maximum absolute atomic E-state index is 4.23. The minimum absolute atomic E-state index is 0.275. The van der Waals surface area contributed by atoms with Gasteiger partial charge in [-0.3, -0.25) is 4.99 Å². The Labute approximate surface area is 117 Å². The van der Waals surface area contributed by atoms with E-state index in [9.17, 15) is 0 Å². The fourth-order valence-corrected chi connectivity index (χ4v) is 2.63. The van der Waals surface area contributed by atoms with Crippen molar-refractivity contribution in [1.29, 1.82) is 0 Å². The van der Waals surface area contributed by atoms with Gasteiger partial charge in [-0.1, -0.05) is 29.5 Å². The Bertz CT molecular complexity index is 594. The van der Waals surface area contributed by atoms with Gasteiger partial charge in [-0.2, -0.15) is 5.21 Å². The van der Waals surface area contributed by atoms with Crippen LogP contribution in [0.4, 0.5) is 0 Å². The molecule has 0 aliphatic carbocycles. The van der Waals surface area contributed by atoms with Gasteiger partial charge < -0.3 is 5.32 Å². The third-order valence-electron chi connectivity index (χ3n) is 3.79. The zero-order chi connectivity index (χ0) is 14.0. The molecule has 0 radical (unpaired) electrons. The highest BCUT2D eigenvalue weighted by Crippen LogP contribution is 2.31. The van der Waals surface area contributed by atoms with E-state index in [-0.39, 0.29) is 5.41 Å². The molecule has 1 aromatic heterocycles. The Hall–Kier alpha value is -2.24. The molecule has 0 amide bonds. The van der Waals surface area contributed by atoms with Crippen molar-refractivity contribution in [3.8, 4) is 0 Å². The molecule has 2 N–H and O–H groups in total. The Balaban J connectivity index is 1.92. The average Bonchev–Trinajstić information content (AvgIpc) is 3.12. The van der Waals surface area contributed by atoms with Crippen molar-refractivity contribution in [2.24, 2.45) is 4.99 Å². The number of aliphatic imine (C=N–C) groups is 1. The Morgan fingerprint density at radius 1 is 1.30 bits per heavy atom. The van der Waals surface area contributed by atoms with Crippen LogP contribution < -0.4 is 5.32 Å². The average molecular weight is 270 g/mol. The third-order valence-corrected chi connectivity index (χ3v) is 3.79. The Kier molecular flexibility index (Phi) is 3.22. The van der Waals surface area contributed by atoms with Crippen LogP contribution in [0.5, 0.6) is 0 Å². The van der Waals surface area contributed by atoms with Crippen LogP contribution in [0.2, 0.25) is 0 Å². The first kappa shape index (κ1) is 12.8. The molecule has 0 saturated carbocycles. The lowest BCUT2D eigenvalue weighted by Crippen LogP contribution is -2.29. The highest BCUT2D eigenvalue weighted by atomic mass is 15.5. The lowest BCUT2D eigenvalue weighted by molar-refractivity contribution is 0.573. The largest absolute Gasteiger partial charge is 0.372 e. The molecule has 2 aromatic rings. The molecule has 0 fully saturated rings. The number of rotatable bonds is 4. The summed E-state index contributed by atoms with van der Waals surface area (Å²) in [5.41, 5.74) is 2.25. The van der Waals surface area contributed by atoms with Crippen molar-refractivity contribution < 1.29 is 0 Å². The maximum Gasteiger partial charge on any atom is 0.184 e. The SMILES string of the molecule is CC(C)(c1nn[nH]n1)c1ccccc1CC1CN=CN1. The van der Waals surface area contributed by atoms with Gasteiger partial charge in [0.15, 0.2) is 5.82 Å². The molecule has 1 unspecified atom stereocenters. The van der Waals surface area contributed by atoms with Gasteiger partial charge in [0.25, 0.3) is 0 Å². The van der Waals surface area contributed by atoms with E-state index in [4.69, 9.17) is 0 Å². The number of aromatic nitrogens is 4. The van der Waals surface area contributed by atoms with E-state index in [1.807, 2.05) is 0 Å². The molecule has 1 aromatic carbocycles. The van der Waals surface area contributed by atoms with Gasteiger partial charge in [0.2, 0.25) is 0 Å². The van der Waals surface area contributed by atoms with Crippen LogP contribution in [-0.4, -0.2) is 39.5 Å². The van der Waals surface area contributed by atoms with E-state index in [2.05, 4.69) is 69.0 Å². The van der Waals surface area contributed by atoms with E-state index in [0.717, 1.165) is 13.0 Å². The fourth-order valence-electron chi connectivity index (χ4n) is 2.63. The van der Waals surface area contributed by atoms with Gasteiger partial charge in [-0.15, -0.1) is 10.2 Å². The molecule has 104 valence electrons. The standard InChI is InChI=1S/C14H18N6/c1-14(2,13-17-19-20-18-13)12-6-4-3-5-10(12)7-11-8-15-9-16-11/h3-6,9,11H,7-8H2,1-2H3,(H,15,16)(H,17,18,19,20). The molecule has 1 aliphatic heterocycles. The minimum atomic E-state index is -0.275. The van der Waals surface area contributed by atoms with Crippen LogP contribution in [0.25, 0.3) is 0 Å². The van der Waals surface area contributed by atoms with Crippen LogP contribution in [0.15, 0.2) is 29.3 Å². The molecule has 0 bridgehead atoms. The van der Waals surface area contributed by atoms with Gasteiger partial charge in [-0.25, -0.2) is 0 Å². The van der Waals surface area contributed by atoms with Crippen LogP contribution >= 0.6 is 0 Å². The quantitative estimate of drug-likeness (QED) is 0.871. The summed E-state index contributed by atoms with van der Waals surface area (Å²) in [7, 11) is 0. The second kappa shape index (κ2) is 5.03. The summed E-state index contributed by atoms with van der Waals surface area (Å²) in [5, 5.41) is 17.8. The number of aromatic amines is 1. The fraction of sp³-hybridized carbons (Fsp3) is 0.429. The van der Waals surface area contributed by atoms with Crippen molar-refractivity contribution in [2.75, 3.05) is 6.54 Å². The molecule has 6 nitrogen and oxygen atoms in total. The molecular weight excluding hydrogens is 252 g/mol. The highest BCUT2D eigenvalue weighted by Gasteiger charge is 2.30. The van der Waals surface area contributed by atoms with E-state index in [1.165, 1.54) is 11.1 Å². The van der Waals surface area contributed by atoms with Crippen LogP contribution in [0.3, 0.4) is 0 Å². The van der Waals surface area contributed by atoms with Gasteiger partial charge in [0.1, 0.15) is 0 Å². The normalized spacial score (nSPS) is 18.2. The Morgan fingerprint density at radius 2 is 2.15 bits per heavy atom. The number of tetrazole rings is 1. The molecule has 1 atom stereocenters. The van der Waals surface area contributed by atoms with Crippen molar-refractivity contribution in [3.63, 3.8) is 0 Å². The smallest absolute Gasteiger partial charge is 0.184 e. The van der Waals surface area contributed by atoms with E-state index < -0.39 is 0 Å². The molecule has 20 heavy (non-hydrogen) atoms. The molecular formula is C14H18N6. The number of nitrogens with zero attached hydrogens (tertiary/aromatic N) is 4. The summed E-state index contributed by atoms with van der Waals surface area (Å²) in [6, 6.07) is 8.80. The minimum Gasteiger partial charge on any atom is -0.372 e. The summed E-state index contributed by atoms with van der Waals surface area (Å²) < 4.78 is 0. The molecule has 2 heterocycles.